The minimum Gasteiger partial charge on any atom is -0.493 e. The minimum atomic E-state index is -0.375. The Morgan fingerprint density at radius 1 is 0.800 bits per heavy atom. The third-order valence-corrected chi connectivity index (χ3v) is 3.82. The first-order valence-electron chi connectivity index (χ1n) is 8.26. The molecule has 3 aromatic carbocycles. The molecule has 0 amide bonds. The monoisotopic (exact) mass is 332 g/mol. The zero-order valence-corrected chi connectivity index (χ0v) is 14.1. The van der Waals surface area contributed by atoms with Gasteiger partial charge < -0.3 is 9.47 Å². The lowest BCUT2D eigenvalue weighted by molar-refractivity contribution is 0.0734. The van der Waals surface area contributed by atoms with Crippen LogP contribution in [-0.2, 0) is 6.42 Å². The Balaban J connectivity index is 1.52. The van der Waals surface area contributed by atoms with Gasteiger partial charge in [-0.3, -0.25) is 0 Å². The second kappa shape index (κ2) is 8.15. The second-order valence-electron chi connectivity index (χ2n) is 5.81. The Hall–Kier alpha value is -3.07. The van der Waals surface area contributed by atoms with Crippen LogP contribution >= 0.6 is 0 Å². The highest BCUT2D eigenvalue weighted by atomic mass is 16.5. The number of esters is 1. The van der Waals surface area contributed by atoms with E-state index < -0.39 is 0 Å². The summed E-state index contributed by atoms with van der Waals surface area (Å²) in [6.07, 6.45) is 0.845. The van der Waals surface area contributed by atoms with Crippen LogP contribution in [0.5, 0.6) is 11.5 Å². The van der Waals surface area contributed by atoms with Crippen molar-refractivity contribution < 1.29 is 14.3 Å². The van der Waals surface area contributed by atoms with E-state index in [1.807, 2.05) is 37.3 Å². The molecule has 25 heavy (non-hydrogen) atoms. The van der Waals surface area contributed by atoms with Gasteiger partial charge in [-0.15, -0.1) is 0 Å². The van der Waals surface area contributed by atoms with E-state index in [-0.39, 0.29) is 5.97 Å². The Bertz CT molecular complexity index is 806. The van der Waals surface area contributed by atoms with Crippen molar-refractivity contribution in [3.8, 4) is 11.5 Å². The van der Waals surface area contributed by atoms with Crippen molar-refractivity contribution in [3.63, 3.8) is 0 Å². The quantitative estimate of drug-likeness (QED) is 0.479. The predicted octanol–water partition coefficient (Wildman–Crippen LogP) is 4.84. The van der Waals surface area contributed by atoms with E-state index in [2.05, 4.69) is 12.1 Å². The van der Waals surface area contributed by atoms with Crippen molar-refractivity contribution in [2.75, 3.05) is 6.61 Å². The Morgan fingerprint density at radius 3 is 2.12 bits per heavy atom. The molecule has 0 saturated carbocycles. The number of benzene rings is 3. The molecule has 0 aliphatic heterocycles. The van der Waals surface area contributed by atoms with Crippen molar-refractivity contribution in [2.45, 2.75) is 13.3 Å². The van der Waals surface area contributed by atoms with Crippen LogP contribution in [0.4, 0.5) is 0 Å². The maximum Gasteiger partial charge on any atom is 0.343 e. The fraction of sp³-hybridized carbons (Fsp3) is 0.136. The minimum absolute atomic E-state index is 0.375. The molecule has 0 unspecified atom stereocenters. The standard InChI is InChI=1S/C22H20O3/c1-17-7-11-21(12-8-17)25-22(23)19-9-13-20(14-10-19)24-16-15-18-5-3-2-4-6-18/h2-14H,15-16H2,1H3. The van der Waals surface area contributed by atoms with Crippen molar-refractivity contribution in [2.24, 2.45) is 0 Å². The van der Waals surface area contributed by atoms with Gasteiger partial charge in [0.1, 0.15) is 11.5 Å². The molecule has 0 radical (unpaired) electrons. The van der Waals surface area contributed by atoms with Gasteiger partial charge in [0.05, 0.1) is 12.2 Å². The van der Waals surface area contributed by atoms with Crippen molar-refractivity contribution in [1.29, 1.82) is 0 Å². The van der Waals surface area contributed by atoms with Crippen LogP contribution in [0.1, 0.15) is 21.5 Å². The number of hydrogen-bond acceptors (Lipinski definition) is 3. The summed E-state index contributed by atoms with van der Waals surface area (Å²) in [4.78, 5) is 12.1. The third kappa shape index (κ3) is 4.95. The molecule has 0 N–H and O–H groups in total. The van der Waals surface area contributed by atoms with Crippen LogP contribution in [0.3, 0.4) is 0 Å². The number of ether oxygens (including phenoxy) is 2. The third-order valence-electron chi connectivity index (χ3n) is 3.82. The van der Waals surface area contributed by atoms with Crippen molar-refractivity contribution >= 4 is 5.97 Å². The van der Waals surface area contributed by atoms with Gasteiger partial charge in [-0.25, -0.2) is 4.79 Å². The fourth-order valence-corrected chi connectivity index (χ4v) is 2.39. The molecule has 0 fully saturated rings. The van der Waals surface area contributed by atoms with Gasteiger partial charge in [-0.2, -0.15) is 0 Å². The Morgan fingerprint density at radius 2 is 1.44 bits per heavy atom. The normalized spacial score (nSPS) is 10.3. The van der Waals surface area contributed by atoms with E-state index in [0.717, 1.165) is 17.7 Å². The number of carbonyl (C=O) groups excluding carboxylic acids is 1. The smallest absolute Gasteiger partial charge is 0.343 e. The van der Waals surface area contributed by atoms with E-state index in [1.165, 1.54) is 5.56 Å². The number of carbonyl (C=O) groups is 1. The SMILES string of the molecule is Cc1ccc(OC(=O)c2ccc(OCCc3ccccc3)cc2)cc1. The van der Waals surface area contributed by atoms with Crippen molar-refractivity contribution in [3.05, 3.63) is 95.6 Å². The molecule has 3 heteroatoms. The first-order chi connectivity index (χ1) is 12.2. The first kappa shape index (κ1) is 16.8. The highest BCUT2D eigenvalue weighted by Gasteiger charge is 2.08. The number of hydrogen-bond donors (Lipinski definition) is 0. The van der Waals surface area contributed by atoms with Crippen LogP contribution in [0.15, 0.2) is 78.9 Å². The molecular formula is C22H20O3. The molecule has 0 bridgehead atoms. The first-order valence-corrected chi connectivity index (χ1v) is 8.26. The van der Waals surface area contributed by atoms with Crippen LogP contribution in [0.2, 0.25) is 0 Å². The summed E-state index contributed by atoms with van der Waals surface area (Å²) in [6.45, 7) is 2.58. The molecule has 0 saturated heterocycles. The maximum absolute atomic E-state index is 12.1. The maximum atomic E-state index is 12.1. The molecule has 0 aliphatic carbocycles. The summed E-state index contributed by atoms with van der Waals surface area (Å²) in [7, 11) is 0. The number of rotatable bonds is 6. The zero-order valence-electron chi connectivity index (χ0n) is 14.1. The number of aryl methyl sites for hydroxylation is 1. The summed E-state index contributed by atoms with van der Waals surface area (Å²) in [5.74, 6) is 0.904. The second-order valence-corrected chi connectivity index (χ2v) is 5.81. The van der Waals surface area contributed by atoms with Gasteiger partial charge in [0.2, 0.25) is 0 Å². The summed E-state index contributed by atoms with van der Waals surface area (Å²) in [5, 5.41) is 0. The average molecular weight is 332 g/mol. The largest absolute Gasteiger partial charge is 0.493 e. The fourth-order valence-electron chi connectivity index (χ4n) is 2.39. The van der Waals surface area contributed by atoms with Crippen LogP contribution < -0.4 is 9.47 Å². The Labute approximate surface area is 147 Å². The lowest BCUT2D eigenvalue weighted by Gasteiger charge is -2.08. The molecule has 0 atom stereocenters. The van der Waals surface area contributed by atoms with Gasteiger partial charge in [-0.05, 0) is 48.9 Å². The van der Waals surface area contributed by atoms with E-state index in [9.17, 15) is 4.79 Å². The molecule has 3 aromatic rings. The molecule has 126 valence electrons. The Kier molecular flexibility index (Phi) is 5.47. The van der Waals surface area contributed by atoms with E-state index in [4.69, 9.17) is 9.47 Å². The van der Waals surface area contributed by atoms with Gasteiger partial charge in [0.25, 0.3) is 0 Å². The van der Waals surface area contributed by atoms with E-state index >= 15 is 0 Å². The van der Waals surface area contributed by atoms with Crippen LogP contribution in [0.25, 0.3) is 0 Å². The molecular weight excluding hydrogens is 312 g/mol. The summed E-state index contributed by atoms with van der Waals surface area (Å²) in [5.41, 5.74) is 2.86. The lowest BCUT2D eigenvalue weighted by Crippen LogP contribution is -2.08. The van der Waals surface area contributed by atoms with Gasteiger partial charge in [0, 0.05) is 6.42 Å². The summed E-state index contributed by atoms with van der Waals surface area (Å²) < 4.78 is 11.1. The van der Waals surface area contributed by atoms with Gasteiger partial charge in [0.15, 0.2) is 0 Å². The lowest BCUT2D eigenvalue weighted by atomic mass is 10.2. The highest BCUT2D eigenvalue weighted by Crippen LogP contribution is 2.16. The van der Waals surface area contributed by atoms with Crippen LogP contribution in [0, 0.1) is 6.92 Å². The van der Waals surface area contributed by atoms with Gasteiger partial charge >= 0.3 is 5.97 Å². The van der Waals surface area contributed by atoms with Crippen molar-refractivity contribution in [1.82, 2.24) is 0 Å². The topological polar surface area (TPSA) is 35.5 Å². The summed E-state index contributed by atoms with van der Waals surface area (Å²) >= 11 is 0. The highest BCUT2D eigenvalue weighted by molar-refractivity contribution is 5.91. The molecule has 0 heterocycles. The molecule has 0 aromatic heterocycles. The molecule has 3 rings (SSSR count). The predicted molar refractivity (Wildman–Crippen MR) is 98.2 cm³/mol. The summed E-state index contributed by atoms with van der Waals surface area (Å²) in [6, 6.07) is 24.6. The molecule has 3 nitrogen and oxygen atoms in total. The van der Waals surface area contributed by atoms with Gasteiger partial charge in [-0.1, -0.05) is 48.0 Å². The van der Waals surface area contributed by atoms with E-state index in [0.29, 0.717) is 17.9 Å². The average Bonchev–Trinajstić information content (AvgIpc) is 2.65. The zero-order chi connectivity index (χ0) is 17.5. The van der Waals surface area contributed by atoms with E-state index in [1.54, 1.807) is 36.4 Å². The van der Waals surface area contributed by atoms with Crippen LogP contribution in [-0.4, -0.2) is 12.6 Å². The molecule has 0 aliphatic rings. The molecule has 0 spiro atoms.